The molecule has 3 rings (SSSR count). The van der Waals surface area contributed by atoms with Crippen LogP contribution in [-0.2, 0) is 6.54 Å². The van der Waals surface area contributed by atoms with Gasteiger partial charge in [-0.05, 0) is 24.3 Å². The Bertz CT molecular complexity index is 768. The molecule has 0 N–H and O–H groups in total. The Morgan fingerprint density at radius 2 is 1.90 bits per heavy atom. The molecule has 0 bridgehead atoms. The van der Waals surface area contributed by atoms with E-state index in [4.69, 9.17) is 0 Å². The van der Waals surface area contributed by atoms with E-state index in [-0.39, 0.29) is 10.6 Å². The molecule has 0 amide bonds. The molecular weight excluding hydrogens is 284 g/mol. The van der Waals surface area contributed by atoms with Gasteiger partial charge in [-0.15, -0.1) is 11.8 Å². The first-order valence-electron chi connectivity index (χ1n) is 6.65. The van der Waals surface area contributed by atoms with Crippen molar-refractivity contribution >= 4 is 28.4 Å². The minimum absolute atomic E-state index is 0.138. The molecule has 0 atom stereocenters. The molecule has 106 valence electrons. The van der Waals surface area contributed by atoms with Crippen LogP contribution >= 0.6 is 11.8 Å². The Labute approximate surface area is 126 Å². The predicted molar refractivity (Wildman–Crippen MR) is 85.8 cm³/mol. The van der Waals surface area contributed by atoms with Gasteiger partial charge in [0.15, 0.2) is 0 Å². The van der Waals surface area contributed by atoms with Gasteiger partial charge < -0.3 is 4.57 Å². The third-order valence-electron chi connectivity index (χ3n) is 3.31. The lowest BCUT2D eigenvalue weighted by atomic mass is 10.2. The van der Waals surface area contributed by atoms with Gasteiger partial charge in [0.05, 0.1) is 4.92 Å². The molecule has 0 spiro atoms. The first-order valence-corrected chi connectivity index (χ1v) is 7.64. The fraction of sp³-hybridized carbons (Fsp3) is 0.125. The van der Waals surface area contributed by atoms with Gasteiger partial charge in [-0.2, -0.15) is 0 Å². The van der Waals surface area contributed by atoms with Crippen LogP contribution in [0.15, 0.2) is 65.7 Å². The van der Waals surface area contributed by atoms with E-state index in [9.17, 15) is 10.1 Å². The van der Waals surface area contributed by atoms with Crippen molar-refractivity contribution in [3.8, 4) is 0 Å². The molecule has 0 fully saturated rings. The van der Waals surface area contributed by atoms with Crippen LogP contribution in [0.25, 0.3) is 10.9 Å². The monoisotopic (exact) mass is 298 g/mol. The van der Waals surface area contributed by atoms with Gasteiger partial charge in [0.25, 0.3) is 5.69 Å². The van der Waals surface area contributed by atoms with Crippen molar-refractivity contribution in [2.75, 3.05) is 5.75 Å². The van der Waals surface area contributed by atoms with Gasteiger partial charge >= 0.3 is 0 Å². The lowest BCUT2D eigenvalue weighted by Crippen LogP contribution is -1.98. The summed E-state index contributed by atoms with van der Waals surface area (Å²) in [5.41, 5.74) is 1.17. The van der Waals surface area contributed by atoms with E-state index in [1.54, 1.807) is 23.9 Å². The number of thioether (sulfide) groups is 1. The standard InChI is InChI=1S/C16H14N2O2S/c19-18(20)14-6-7-16-13(12-14)8-9-17(16)10-11-21-15-4-2-1-3-5-15/h1-9,12H,10-11H2. The largest absolute Gasteiger partial charge is 0.347 e. The number of nitro benzene ring substituents is 1. The topological polar surface area (TPSA) is 48.1 Å². The summed E-state index contributed by atoms with van der Waals surface area (Å²) in [4.78, 5) is 11.7. The average Bonchev–Trinajstić information content (AvgIpc) is 2.91. The van der Waals surface area contributed by atoms with Gasteiger partial charge in [0.1, 0.15) is 0 Å². The summed E-state index contributed by atoms with van der Waals surface area (Å²) < 4.78 is 2.13. The number of hydrogen-bond acceptors (Lipinski definition) is 3. The van der Waals surface area contributed by atoms with E-state index in [0.29, 0.717) is 0 Å². The van der Waals surface area contributed by atoms with Crippen LogP contribution in [0.4, 0.5) is 5.69 Å². The van der Waals surface area contributed by atoms with Crippen LogP contribution in [-0.4, -0.2) is 15.2 Å². The van der Waals surface area contributed by atoms with E-state index in [0.717, 1.165) is 23.2 Å². The van der Waals surface area contributed by atoms with Crippen LogP contribution in [0.2, 0.25) is 0 Å². The molecule has 5 heteroatoms. The van der Waals surface area contributed by atoms with Crippen molar-refractivity contribution in [2.45, 2.75) is 11.4 Å². The number of nitro groups is 1. The normalized spacial score (nSPS) is 10.9. The molecule has 3 aromatic rings. The van der Waals surface area contributed by atoms with Crippen LogP contribution < -0.4 is 0 Å². The zero-order valence-electron chi connectivity index (χ0n) is 11.3. The Morgan fingerprint density at radius 1 is 1.10 bits per heavy atom. The highest BCUT2D eigenvalue weighted by Gasteiger charge is 2.08. The summed E-state index contributed by atoms with van der Waals surface area (Å²) in [5.74, 6) is 0.963. The highest BCUT2D eigenvalue weighted by molar-refractivity contribution is 7.99. The molecule has 1 heterocycles. The van der Waals surface area contributed by atoms with E-state index in [1.807, 2.05) is 36.5 Å². The molecule has 0 saturated heterocycles. The van der Waals surface area contributed by atoms with Crippen molar-refractivity contribution in [1.29, 1.82) is 0 Å². The maximum atomic E-state index is 10.8. The van der Waals surface area contributed by atoms with Crippen LogP contribution in [0.5, 0.6) is 0 Å². The molecular formula is C16H14N2O2S. The van der Waals surface area contributed by atoms with Crippen molar-refractivity contribution in [1.82, 2.24) is 4.57 Å². The summed E-state index contributed by atoms with van der Waals surface area (Å²) in [7, 11) is 0. The van der Waals surface area contributed by atoms with E-state index in [1.165, 1.54) is 4.90 Å². The molecule has 21 heavy (non-hydrogen) atoms. The van der Waals surface area contributed by atoms with Gasteiger partial charge in [0, 0.05) is 46.4 Å². The minimum Gasteiger partial charge on any atom is -0.347 e. The summed E-state index contributed by atoms with van der Waals surface area (Å²) in [6, 6.07) is 17.2. The number of aryl methyl sites for hydroxylation is 1. The molecule has 0 radical (unpaired) electrons. The first kappa shape index (κ1) is 13.7. The lowest BCUT2D eigenvalue weighted by Gasteiger charge is -2.05. The SMILES string of the molecule is O=[N+]([O-])c1ccc2c(ccn2CCSc2ccccc2)c1. The van der Waals surface area contributed by atoms with Crippen LogP contribution in [0.3, 0.4) is 0 Å². The number of nitrogens with zero attached hydrogens (tertiary/aromatic N) is 2. The minimum atomic E-state index is -0.359. The van der Waals surface area contributed by atoms with E-state index in [2.05, 4.69) is 16.7 Å². The third kappa shape index (κ3) is 3.08. The highest BCUT2D eigenvalue weighted by atomic mass is 32.2. The highest BCUT2D eigenvalue weighted by Crippen LogP contribution is 2.23. The first-order chi connectivity index (χ1) is 10.2. The van der Waals surface area contributed by atoms with Crippen LogP contribution in [0, 0.1) is 10.1 Å². The number of rotatable bonds is 5. The molecule has 0 aliphatic carbocycles. The zero-order chi connectivity index (χ0) is 14.7. The zero-order valence-corrected chi connectivity index (χ0v) is 12.1. The van der Waals surface area contributed by atoms with Crippen LogP contribution in [0.1, 0.15) is 0 Å². The van der Waals surface area contributed by atoms with Gasteiger partial charge in [-0.1, -0.05) is 18.2 Å². The maximum absolute atomic E-state index is 10.8. The number of hydrogen-bond donors (Lipinski definition) is 0. The summed E-state index contributed by atoms with van der Waals surface area (Å²) in [6.45, 7) is 0.876. The van der Waals surface area contributed by atoms with Crippen molar-refractivity contribution in [2.24, 2.45) is 0 Å². The molecule has 0 saturated carbocycles. The van der Waals surface area contributed by atoms with Crippen molar-refractivity contribution in [3.05, 3.63) is 70.9 Å². The van der Waals surface area contributed by atoms with Crippen molar-refractivity contribution < 1.29 is 4.92 Å². The second-order valence-electron chi connectivity index (χ2n) is 4.67. The summed E-state index contributed by atoms with van der Waals surface area (Å²) >= 11 is 1.81. The molecule has 0 unspecified atom stereocenters. The summed E-state index contributed by atoms with van der Waals surface area (Å²) in [5, 5.41) is 11.7. The smallest absolute Gasteiger partial charge is 0.270 e. The van der Waals surface area contributed by atoms with Gasteiger partial charge in [-0.25, -0.2) is 0 Å². The number of benzene rings is 2. The number of non-ortho nitro benzene ring substituents is 1. The quantitative estimate of drug-likeness (QED) is 0.400. The summed E-state index contributed by atoms with van der Waals surface area (Å²) in [6.07, 6.45) is 1.99. The molecule has 0 aliphatic rings. The number of fused-ring (bicyclic) bond motifs is 1. The predicted octanol–water partition coefficient (Wildman–Crippen LogP) is 4.34. The molecule has 2 aromatic carbocycles. The lowest BCUT2D eigenvalue weighted by molar-refractivity contribution is -0.384. The molecule has 4 nitrogen and oxygen atoms in total. The Kier molecular flexibility index (Phi) is 3.92. The maximum Gasteiger partial charge on any atom is 0.270 e. The fourth-order valence-corrected chi connectivity index (χ4v) is 3.15. The fourth-order valence-electron chi connectivity index (χ4n) is 2.27. The molecule has 0 aliphatic heterocycles. The average molecular weight is 298 g/mol. The Balaban J connectivity index is 1.71. The van der Waals surface area contributed by atoms with Crippen molar-refractivity contribution in [3.63, 3.8) is 0 Å². The second-order valence-corrected chi connectivity index (χ2v) is 5.84. The Hall–Kier alpha value is -2.27. The van der Waals surface area contributed by atoms with E-state index < -0.39 is 0 Å². The third-order valence-corrected chi connectivity index (χ3v) is 4.30. The van der Waals surface area contributed by atoms with Gasteiger partial charge in [-0.3, -0.25) is 10.1 Å². The second kappa shape index (κ2) is 6.01. The van der Waals surface area contributed by atoms with Gasteiger partial charge in [0.2, 0.25) is 0 Å². The Morgan fingerprint density at radius 3 is 2.67 bits per heavy atom. The molecule has 1 aromatic heterocycles. The number of aromatic nitrogens is 1. The van der Waals surface area contributed by atoms with E-state index >= 15 is 0 Å².